The summed E-state index contributed by atoms with van der Waals surface area (Å²) < 4.78 is 0. The summed E-state index contributed by atoms with van der Waals surface area (Å²) >= 11 is 0. The van der Waals surface area contributed by atoms with Gasteiger partial charge >= 0.3 is 0 Å². The maximum absolute atomic E-state index is 12.4. The van der Waals surface area contributed by atoms with Gasteiger partial charge in [-0.25, -0.2) is 0 Å². The summed E-state index contributed by atoms with van der Waals surface area (Å²) in [6, 6.07) is 0.408. The Hall–Kier alpha value is -0.570. The normalized spacial score (nSPS) is 33.4. The number of nitrogens with one attached hydrogen (secondary N) is 2. The van der Waals surface area contributed by atoms with Gasteiger partial charge in [0, 0.05) is 12.0 Å². The number of carbonyl (C=O) groups is 1. The van der Waals surface area contributed by atoms with Gasteiger partial charge in [-0.1, -0.05) is 27.2 Å². The van der Waals surface area contributed by atoms with Gasteiger partial charge in [-0.3, -0.25) is 4.79 Å². The molecule has 1 amide bonds. The van der Waals surface area contributed by atoms with Crippen LogP contribution in [0.1, 0.15) is 52.9 Å². The zero-order valence-corrected chi connectivity index (χ0v) is 12.7. The van der Waals surface area contributed by atoms with Crippen molar-refractivity contribution in [3.63, 3.8) is 0 Å². The molecule has 3 heteroatoms. The van der Waals surface area contributed by atoms with Gasteiger partial charge in [-0.15, -0.1) is 0 Å². The fraction of sp³-hybridized carbons (Fsp3) is 0.938. The van der Waals surface area contributed by atoms with E-state index in [0.717, 1.165) is 31.8 Å². The lowest BCUT2D eigenvalue weighted by Crippen LogP contribution is -2.48. The number of hydrogen-bond donors (Lipinski definition) is 2. The molecule has 2 aliphatic rings. The summed E-state index contributed by atoms with van der Waals surface area (Å²) in [7, 11) is 0. The summed E-state index contributed by atoms with van der Waals surface area (Å²) in [5.41, 5.74) is 0. The molecule has 1 heterocycles. The molecule has 19 heavy (non-hydrogen) atoms. The average molecular weight is 266 g/mol. The van der Waals surface area contributed by atoms with Gasteiger partial charge in [0.15, 0.2) is 0 Å². The van der Waals surface area contributed by atoms with Crippen LogP contribution in [-0.2, 0) is 4.79 Å². The van der Waals surface area contributed by atoms with Crippen LogP contribution in [0.25, 0.3) is 0 Å². The van der Waals surface area contributed by atoms with E-state index in [1.807, 2.05) is 0 Å². The molecule has 2 N–H and O–H groups in total. The number of rotatable bonds is 3. The predicted molar refractivity (Wildman–Crippen MR) is 78.9 cm³/mol. The van der Waals surface area contributed by atoms with E-state index in [0.29, 0.717) is 23.8 Å². The summed E-state index contributed by atoms with van der Waals surface area (Å²) in [6.07, 6.45) is 5.76. The van der Waals surface area contributed by atoms with E-state index >= 15 is 0 Å². The zero-order chi connectivity index (χ0) is 13.8. The summed E-state index contributed by atoms with van der Waals surface area (Å²) in [5.74, 6) is 2.65. The summed E-state index contributed by atoms with van der Waals surface area (Å²) in [4.78, 5) is 12.4. The van der Waals surface area contributed by atoms with Crippen LogP contribution in [-0.4, -0.2) is 25.0 Å². The Labute approximate surface area is 117 Å². The molecule has 0 aromatic carbocycles. The first-order chi connectivity index (χ1) is 9.08. The van der Waals surface area contributed by atoms with Gasteiger partial charge < -0.3 is 10.6 Å². The monoisotopic (exact) mass is 266 g/mol. The molecule has 3 atom stereocenters. The molecule has 3 unspecified atom stereocenters. The first-order valence-corrected chi connectivity index (χ1v) is 8.09. The fourth-order valence-electron chi connectivity index (χ4n) is 3.75. The van der Waals surface area contributed by atoms with Crippen molar-refractivity contribution in [3.05, 3.63) is 0 Å². The molecule has 2 fully saturated rings. The predicted octanol–water partition coefficient (Wildman–Crippen LogP) is 2.56. The van der Waals surface area contributed by atoms with Crippen molar-refractivity contribution < 1.29 is 4.79 Å². The van der Waals surface area contributed by atoms with Crippen molar-refractivity contribution in [2.45, 2.75) is 58.9 Å². The van der Waals surface area contributed by atoms with E-state index < -0.39 is 0 Å². The zero-order valence-electron chi connectivity index (χ0n) is 12.7. The van der Waals surface area contributed by atoms with Gasteiger partial charge in [0.2, 0.25) is 5.91 Å². The van der Waals surface area contributed by atoms with Crippen molar-refractivity contribution in [1.29, 1.82) is 0 Å². The van der Waals surface area contributed by atoms with E-state index in [4.69, 9.17) is 0 Å². The third-order valence-electron chi connectivity index (χ3n) is 5.06. The first-order valence-electron chi connectivity index (χ1n) is 8.09. The summed E-state index contributed by atoms with van der Waals surface area (Å²) in [6.45, 7) is 8.90. The smallest absolute Gasteiger partial charge is 0.223 e. The van der Waals surface area contributed by atoms with Gasteiger partial charge in [0.25, 0.3) is 0 Å². The van der Waals surface area contributed by atoms with Crippen molar-refractivity contribution in [2.75, 3.05) is 13.1 Å². The van der Waals surface area contributed by atoms with E-state index in [-0.39, 0.29) is 5.92 Å². The third-order valence-corrected chi connectivity index (χ3v) is 5.06. The van der Waals surface area contributed by atoms with Gasteiger partial charge in [0.1, 0.15) is 0 Å². The Morgan fingerprint density at radius 2 is 1.84 bits per heavy atom. The number of amides is 1. The highest BCUT2D eigenvalue weighted by Gasteiger charge is 2.33. The van der Waals surface area contributed by atoms with Crippen LogP contribution < -0.4 is 10.6 Å². The largest absolute Gasteiger partial charge is 0.353 e. The van der Waals surface area contributed by atoms with Gasteiger partial charge in [-0.05, 0) is 56.5 Å². The number of hydrogen-bond acceptors (Lipinski definition) is 2. The van der Waals surface area contributed by atoms with Crippen LogP contribution in [0, 0.1) is 23.7 Å². The Kier molecular flexibility index (Phi) is 5.26. The average Bonchev–Trinajstić information content (AvgIpc) is 2.39. The van der Waals surface area contributed by atoms with E-state index in [9.17, 15) is 4.79 Å². The van der Waals surface area contributed by atoms with Crippen LogP contribution in [0.4, 0.5) is 0 Å². The van der Waals surface area contributed by atoms with Crippen LogP contribution in [0.5, 0.6) is 0 Å². The lowest BCUT2D eigenvalue weighted by Gasteiger charge is -2.38. The molecular weight excluding hydrogens is 236 g/mol. The molecule has 2 rings (SSSR count). The minimum atomic E-state index is 0.242. The fourth-order valence-corrected chi connectivity index (χ4v) is 3.75. The first kappa shape index (κ1) is 14.8. The quantitative estimate of drug-likeness (QED) is 0.824. The van der Waals surface area contributed by atoms with Crippen molar-refractivity contribution >= 4 is 5.91 Å². The van der Waals surface area contributed by atoms with E-state index in [2.05, 4.69) is 31.4 Å². The standard InChI is InChI=1S/C16H30N2O/c1-11(2)14-5-4-12(3)10-15(14)18-16(19)13-6-8-17-9-7-13/h11-15,17H,4-10H2,1-3H3,(H,18,19). The molecule has 0 bridgehead atoms. The molecule has 0 aromatic heterocycles. The molecule has 1 aliphatic carbocycles. The van der Waals surface area contributed by atoms with E-state index in [1.54, 1.807) is 0 Å². The lowest BCUT2D eigenvalue weighted by atomic mass is 9.74. The minimum Gasteiger partial charge on any atom is -0.353 e. The number of piperidine rings is 1. The molecule has 0 radical (unpaired) electrons. The second-order valence-corrected chi connectivity index (χ2v) is 6.97. The summed E-state index contributed by atoms with van der Waals surface area (Å²) in [5, 5.41) is 6.71. The van der Waals surface area contributed by atoms with Crippen LogP contribution >= 0.6 is 0 Å². The molecule has 0 spiro atoms. The van der Waals surface area contributed by atoms with Crippen molar-refractivity contribution in [1.82, 2.24) is 10.6 Å². The lowest BCUT2D eigenvalue weighted by molar-refractivity contribution is -0.127. The Morgan fingerprint density at radius 3 is 2.47 bits per heavy atom. The highest BCUT2D eigenvalue weighted by molar-refractivity contribution is 5.79. The second kappa shape index (κ2) is 6.74. The van der Waals surface area contributed by atoms with Crippen molar-refractivity contribution in [3.8, 4) is 0 Å². The Morgan fingerprint density at radius 1 is 1.16 bits per heavy atom. The van der Waals surface area contributed by atoms with Crippen LogP contribution in [0.15, 0.2) is 0 Å². The van der Waals surface area contributed by atoms with Crippen LogP contribution in [0.2, 0.25) is 0 Å². The topological polar surface area (TPSA) is 41.1 Å². The Balaban J connectivity index is 1.92. The highest BCUT2D eigenvalue weighted by Crippen LogP contribution is 2.33. The molecule has 0 aromatic rings. The third kappa shape index (κ3) is 3.95. The Bertz CT molecular complexity index is 297. The molecule has 1 saturated carbocycles. The van der Waals surface area contributed by atoms with Gasteiger partial charge in [-0.2, -0.15) is 0 Å². The molecule has 1 saturated heterocycles. The molecular formula is C16H30N2O. The molecule has 1 aliphatic heterocycles. The maximum Gasteiger partial charge on any atom is 0.223 e. The molecule has 110 valence electrons. The number of carbonyl (C=O) groups excluding carboxylic acids is 1. The minimum absolute atomic E-state index is 0.242. The SMILES string of the molecule is CC1CCC(C(C)C)C(NC(=O)C2CCNCC2)C1. The van der Waals surface area contributed by atoms with Crippen LogP contribution in [0.3, 0.4) is 0 Å². The maximum atomic E-state index is 12.4. The van der Waals surface area contributed by atoms with Gasteiger partial charge in [0.05, 0.1) is 0 Å². The highest BCUT2D eigenvalue weighted by atomic mass is 16.1. The van der Waals surface area contributed by atoms with Crippen molar-refractivity contribution in [2.24, 2.45) is 23.7 Å². The second-order valence-electron chi connectivity index (χ2n) is 6.97. The van der Waals surface area contributed by atoms with E-state index in [1.165, 1.54) is 19.3 Å². The molecule has 3 nitrogen and oxygen atoms in total.